The maximum absolute atomic E-state index is 12.1. The highest BCUT2D eigenvalue weighted by Crippen LogP contribution is 2.04. The number of piperazine rings is 1. The Morgan fingerprint density at radius 3 is 2.76 bits per heavy atom. The quantitative estimate of drug-likeness (QED) is 0.854. The minimum Gasteiger partial charge on any atom is -0.334 e. The number of carbonyl (C=O) groups is 1. The summed E-state index contributed by atoms with van der Waals surface area (Å²) in [6, 6.07) is 0.0313. The Morgan fingerprint density at radius 1 is 1.38 bits per heavy atom. The van der Waals surface area contributed by atoms with Gasteiger partial charge in [-0.25, -0.2) is 4.79 Å². The third kappa shape index (κ3) is 4.93. The summed E-state index contributed by atoms with van der Waals surface area (Å²) in [6.07, 6.45) is 5.91. The van der Waals surface area contributed by atoms with E-state index in [-0.39, 0.29) is 6.03 Å². The molecular formula is C14H25N5OS. The van der Waals surface area contributed by atoms with Gasteiger partial charge in [-0.15, -0.1) is 0 Å². The molecular weight excluding hydrogens is 286 g/mol. The van der Waals surface area contributed by atoms with Crippen molar-refractivity contribution >= 4 is 17.8 Å². The average molecular weight is 311 g/mol. The number of urea groups is 1. The van der Waals surface area contributed by atoms with Crippen LogP contribution in [0.5, 0.6) is 0 Å². The Hall–Kier alpha value is -1.21. The van der Waals surface area contributed by atoms with Crippen LogP contribution in [0.15, 0.2) is 12.4 Å². The van der Waals surface area contributed by atoms with Crippen LogP contribution in [-0.2, 0) is 13.1 Å². The molecule has 0 spiro atoms. The van der Waals surface area contributed by atoms with Crippen molar-refractivity contribution in [3.8, 4) is 0 Å². The predicted octanol–water partition coefficient (Wildman–Crippen LogP) is 1.09. The molecule has 1 saturated heterocycles. The summed E-state index contributed by atoms with van der Waals surface area (Å²) in [4.78, 5) is 16.5. The molecule has 0 aromatic carbocycles. The molecule has 1 aliphatic heterocycles. The van der Waals surface area contributed by atoms with Gasteiger partial charge < -0.3 is 10.2 Å². The summed E-state index contributed by atoms with van der Waals surface area (Å²) in [5, 5.41) is 7.18. The van der Waals surface area contributed by atoms with Gasteiger partial charge in [-0.2, -0.15) is 16.9 Å². The van der Waals surface area contributed by atoms with E-state index in [2.05, 4.69) is 21.6 Å². The molecule has 0 bridgehead atoms. The van der Waals surface area contributed by atoms with E-state index in [0.717, 1.165) is 50.6 Å². The van der Waals surface area contributed by atoms with Crippen LogP contribution in [0.25, 0.3) is 0 Å². The summed E-state index contributed by atoms with van der Waals surface area (Å²) >= 11 is 1.87. The van der Waals surface area contributed by atoms with Gasteiger partial charge in [-0.3, -0.25) is 9.58 Å². The molecule has 1 aromatic rings. The molecule has 6 nitrogen and oxygen atoms in total. The van der Waals surface area contributed by atoms with Crippen molar-refractivity contribution in [2.24, 2.45) is 0 Å². The molecule has 0 aliphatic carbocycles. The Morgan fingerprint density at radius 2 is 2.14 bits per heavy atom. The van der Waals surface area contributed by atoms with E-state index in [9.17, 15) is 4.79 Å². The van der Waals surface area contributed by atoms with Gasteiger partial charge in [0.15, 0.2) is 0 Å². The number of hydrogen-bond acceptors (Lipinski definition) is 4. The fourth-order valence-corrected chi connectivity index (χ4v) is 2.80. The molecule has 1 N–H and O–H groups in total. The maximum Gasteiger partial charge on any atom is 0.317 e. The topological polar surface area (TPSA) is 53.4 Å². The van der Waals surface area contributed by atoms with E-state index in [0.29, 0.717) is 6.54 Å². The molecule has 0 saturated carbocycles. The molecule has 21 heavy (non-hydrogen) atoms. The first-order chi connectivity index (χ1) is 10.2. The molecule has 118 valence electrons. The summed E-state index contributed by atoms with van der Waals surface area (Å²) in [5.74, 6) is 1.16. The van der Waals surface area contributed by atoms with Gasteiger partial charge in [0.2, 0.25) is 0 Å². The van der Waals surface area contributed by atoms with Crippen LogP contribution in [0.4, 0.5) is 4.79 Å². The summed E-state index contributed by atoms with van der Waals surface area (Å²) in [6.45, 7) is 8.14. The lowest BCUT2D eigenvalue weighted by Crippen LogP contribution is -2.51. The first kappa shape index (κ1) is 16.2. The smallest absolute Gasteiger partial charge is 0.317 e. The van der Waals surface area contributed by atoms with Crippen LogP contribution >= 0.6 is 11.8 Å². The lowest BCUT2D eigenvalue weighted by molar-refractivity contribution is 0.143. The molecule has 7 heteroatoms. The molecule has 0 radical (unpaired) electrons. The molecule has 0 unspecified atom stereocenters. The predicted molar refractivity (Wildman–Crippen MR) is 86.5 cm³/mol. The molecule has 1 aliphatic rings. The second-order valence-corrected chi connectivity index (χ2v) is 6.17. The number of rotatable bonds is 6. The molecule has 0 atom stereocenters. The Kier molecular flexibility index (Phi) is 6.38. The minimum atomic E-state index is 0.0313. The number of aryl methyl sites for hydroxylation is 1. The number of amides is 2. The number of hydrogen-bond donors (Lipinski definition) is 1. The average Bonchev–Trinajstić information content (AvgIpc) is 2.99. The van der Waals surface area contributed by atoms with Gasteiger partial charge in [-0.05, 0) is 13.2 Å². The minimum absolute atomic E-state index is 0.0313. The van der Waals surface area contributed by atoms with Gasteiger partial charge in [0, 0.05) is 63.3 Å². The summed E-state index contributed by atoms with van der Waals surface area (Å²) in [7, 11) is 0. The fraction of sp³-hybridized carbons (Fsp3) is 0.714. The van der Waals surface area contributed by atoms with Gasteiger partial charge in [0.25, 0.3) is 0 Å². The third-order valence-corrected chi connectivity index (χ3v) is 4.32. The van der Waals surface area contributed by atoms with Crippen molar-refractivity contribution in [3.05, 3.63) is 18.0 Å². The Balaban J connectivity index is 1.69. The van der Waals surface area contributed by atoms with Crippen molar-refractivity contribution in [1.29, 1.82) is 0 Å². The fourth-order valence-electron chi connectivity index (χ4n) is 2.36. The van der Waals surface area contributed by atoms with Gasteiger partial charge >= 0.3 is 6.03 Å². The highest BCUT2D eigenvalue weighted by molar-refractivity contribution is 7.98. The van der Waals surface area contributed by atoms with Crippen molar-refractivity contribution < 1.29 is 4.79 Å². The van der Waals surface area contributed by atoms with Gasteiger partial charge in [0.05, 0.1) is 6.20 Å². The normalized spacial score (nSPS) is 16.2. The van der Waals surface area contributed by atoms with Crippen LogP contribution in [0.3, 0.4) is 0 Å². The second kappa shape index (κ2) is 8.29. The zero-order valence-electron chi connectivity index (χ0n) is 12.9. The highest BCUT2D eigenvalue weighted by atomic mass is 32.2. The third-order valence-electron chi connectivity index (χ3n) is 3.73. The van der Waals surface area contributed by atoms with Crippen LogP contribution in [0.2, 0.25) is 0 Å². The maximum atomic E-state index is 12.1. The number of nitrogens with zero attached hydrogens (tertiary/aromatic N) is 4. The van der Waals surface area contributed by atoms with Crippen LogP contribution in [0, 0.1) is 0 Å². The standard InChI is InChI=1S/C14H25N5OS/c1-3-19-12-13(11-16-19)10-15-14(20)18-6-4-17(5-7-18)8-9-21-2/h11-12H,3-10H2,1-2H3,(H,15,20). The van der Waals surface area contributed by atoms with Crippen molar-refractivity contribution in [3.63, 3.8) is 0 Å². The van der Waals surface area contributed by atoms with E-state index in [1.807, 2.05) is 40.7 Å². The first-order valence-electron chi connectivity index (χ1n) is 7.48. The molecule has 1 fully saturated rings. The zero-order valence-corrected chi connectivity index (χ0v) is 13.7. The Bertz CT molecular complexity index is 442. The van der Waals surface area contributed by atoms with Crippen LogP contribution < -0.4 is 5.32 Å². The van der Waals surface area contributed by atoms with Crippen LogP contribution in [-0.4, -0.2) is 70.3 Å². The van der Waals surface area contributed by atoms with E-state index in [4.69, 9.17) is 0 Å². The molecule has 2 amide bonds. The molecule has 2 heterocycles. The summed E-state index contributed by atoms with van der Waals surface area (Å²) in [5.41, 5.74) is 1.05. The van der Waals surface area contributed by atoms with E-state index < -0.39 is 0 Å². The molecule has 2 rings (SSSR count). The lowest BCUT2D eigenvalue weighted by atomic mass is 10.3. The zero-order chi connectivity index (χ0) is 15.1. The van der Waals surface area contributed by atoms with Crippen molar-refractivity contribution in [2.45, 2.75) is 20.0 Å². The van der Waals surface area contributed by atoms with Gasteiger partial charge in [0.1, 0.15) is 0 Å². The first-order valence-corrected chi connectivity index (χ1v) is 8.87. The number of thioether (sulfide) groups is 1. The number of nitrogens with one attached hydrogen (secondary N) is 1. The van der Waals surface area contributed by atoms with Gasteiger partial charge in [-0.1, -0.05) is 0 Å². The summed E-state index contributed by atoms with van der Waals surface area (Å²) < 4.78 is 1.87. The van der Waals surface area contributed by atoms with Crippen molar-refractivity contribution in [2.75, 3.05) is 44.7 Å². The van der Waals surface area contributed by atoms with E-state index in [1.54, 1.807) is 0 Å². The lowest BCUT2D eigenvalue weighted by Gasteiger charge is -2.34. The van der Waals surface area contributed by atoms with E-state index in [1.165, 1.54) is 0 Å². The number of carbonyl (C=O) groups excluding carboxylic acids is 1. The largest absolute Gasteiger partial charge is 0.334 e. The Labute approximate surface area is 130 Å². The second-order valence-electron chi connectivity index (χ2n) is 5.18. The monoisotopic (exact) mass is 311 g/mol. The van der Waals surface area contributed by atoms with Crippen LogP contribution in [0.1, 0.15) is 12.5 Å². The highest BCUT2D eigenvalue weighted by Gasteiger charge is 2.20. The van der Waals surface area contributed by atoms with Crippen molar-refractivity contribution in [1.82, 2.24) is 24.9 Å². The SMILES string of the molecule is CCn1cc(CNC(=O)N2CCN(CCSC)CC2)cn1. The molecule has 1 aromatic heterocycles. The van der Waals surface area contributed by atoms with E-state index >= 15 is 0 Å². The number of aromatic nitrogens is 2.